The first-order valence-electron chi connectivity index (χ1n) is 6.24. The van der Waals surface area contributed by atoms with Gasteiger partial charge >= 0.3 is 0 Å². The Kier molecular flexibility index (Phi) is 4.61. The Labute approximate surface area is 116 Å². The molecule has 0 aromatic heterocycles. The van der Waals surface area contributed by atoms with E-state index in [0.717, 1.165) is 24.9 Å². The second-order valence-corrected chi connectivity index (χ2v) is 5.24. The third-order valence-corrected chi connectivity index (χ3v) is 3.81. The fourth-order valence-electron chi connectivity index (χ4n) is 2.43. The molecule has 0 spiro atoms. The number of benzene rings is 1. The lowest BCUT2D eigenvalue weighted by Gasteiger charge is -2.32. The standard InChI is InChI=1S/C13H17ClFN3O/c14-12-4-3-11(15)6-10(12)8-18-5-1-2-9(7-18)13(16)17-19/h3-4,6,9,19H,1-2,5,7-8H2,(H2,16,17). The Hall–Kier alpha value is -1.33. The van der Waals surface area contributed by atoms with E-state index in [4.69, 9.17) is 22.5 Å². The van der Waals surface area contributed by atoms with E-state index in [1.54, 1.807) is 6.07 Å². The molecule has 104 valence electrons. The lowest BCUT2D eigenvalue weighted by molar-refractivity contribution is 0.192. The topological polar surface area (TPSA) is 61.9 Å². The molecule has 1 atom stereocenters. The Morgan fingerprint density at radius 1 is 1.58 bits per heavy atom. The van der Waals surface area contributed by atoms with Gasteiger partial charge < -0.3 is 10.9 Å². The van der Waals surface area contributed by atoms with Gasteiger partial charge in [-0.2, -0.15) is 0 Å². The number of rotatable bonds is 3. The van der Waals surface area contributed by atoms with Gasteiger partial charge in [0.05, 0.1) is 0 Å². The summed E-state index contributed by atoms with van der Waals surface area (Å²) < 4.78 is 13.2. The molecule has 3 N–H and O–H groups in total. The predicted octanol–water partition coefficient (Wildman–Crippen LogP) is 2.44. The highest BCUT2D eigenvalue weighted by Crippen LogP contribution is 2.23. The Bertz CT molecular complexity index is 481. The molecule has 1 unspecified atom stereocenters. The van der Waals surface area contributed by atoms with Crippen molar-refractivity contribution in [3.8, 4) is 0 Å². The van der Waals surface area contributed by atoms with Crippen LogP contribution in [0.2, 0.25) is 5.02 Å². The Balaban J connectivity index is 2.04. The Morgan fingerprint density at radius 2 is 2.37 bits per heavy atom. The van der Waals surface area contributed by atoms with Gasteiger partial charge in [0.1, 0.15) is 11.7 Å². The molecule has 0 saturated carbocycles. The molecule has 1 saturated heterocycles. The summed E-state index contributed by atoms with van der Waals surface area (Å²) in [6, 6.07) is 4.37. The van der Waals surface area contributed by atoms with Crippen LogP contribution in [0.3, 0.4) is 0 Å². The van der Waals surface area contributed by atoms with Crippen molar-refractivity contribution in [1.29, 1.82) is 0 Å². The summed E-state index contributed by atoms with van der Waals surface area (Å²) in [6.45, 7) is 2.18. The molecule has 1 fully saturated rings. The first kappa shape index (κ1) is 14.1. The molecule has 1 aliphatic rings. The molecule has 6 heteroatoms. The van der Waals surface area contributed by atoms with Crippen LogP contribution in [0.1, 0.15) is 18.4 Å². The zero-order valence-electron chi connectivity index (χ0n) is 10.5. The zero-order valence-corrected chi connectivity index (χ0v) is 11.3. The first-order valence-corrected chi connectivity index (χ1v) is 6.61. The minimum Gasteiger partial charge on any atom is -0.409 e. The van der Waals surface area contributed by atoms with Crippen LogP contribution in [0.4, 0.5) is 4.39 Å². The van der Waals surface area contributed by atoms with Gasteiger partial charge in [-0.1, -0.05) is 16.8 Å². The molecular formula is C13H17ClFN3O. The maximum atomic E-state index is 13.2. The fraction of sp³-hybridized carbons (Fsp3) is 0.462. The first-order chi connectivity index (χ1) is 9.10. The van der Waals surface area contributed by atoms with E-state index in [1.807, 2.05) is 0 Å². The van der Waals surface area contributed by atoms with Gasteiger partial charge in [0.2, 0.25) is 0 Å². The number of likely N-dealkylation sites (tertiary alicyclic amines) is 1. The second-order valence-electron chi connectivity index (χ2n) is 4.83. The van der Waals surface area contributed by atoms with Gasteiger partial charge in [0, 0.05) is 24.0 Å². The number of hydrogen-bond donors (Lipinski definition) is 2. The molecule has 4 nitrogen and oxygen atoms in total. The number of hydrogen-bond acceptors (Lipinski definition) is 3. The van der Waals surface area contributed by atoms with Gasteiger partial charge in [-0.3, -0.25) is 4.90 Å². The maximum Gasteiger partial charge on any atom is 0.143 e. The molecular weight excluding hydrogens is 269 g/mol. The molecule has 0 aliphatic carbocycles. The zero-order chi connectivity index (χ0) is 13.8. The van der Waals surface area contributed by atoms with E-state index in [9.17, 15) is 4.39 Å². The fourth-order valence-corrected chi connectivity index (χ4v) is 2.60. The van der Waals surface area contributed by atoms with Gasteiger partial charge in [0.25, 0.3) is 0 Å². The highest BCUT2D eigenvalue weighted by Gasteiger charge is 2.23. The van der Waals surface area contributed by atoms with E-state index < -0.39 is 0 Å². The number of piperidine rings is 1. The number of nitrogens with two attached hydrogens (primary N) is 1. The van der Waals surface area contributed by atoms with Gasteiger partial charge in [0.15, 0.2) is 0 Å². The molecule has 1 heterocycles. The van der Waals surface area contributed by atoms with Crippen molar-refractivity contribution in [2.24, 2.45) is 16.8 Å². The summed E-state index contributed by atoms with van der Waals surface area (Å²) >= 11 is 6.06. The van der Waals surface area contributed by atoms with Crippen LogP contribution in [-0.4, -0.2) is 29.0 Å². The average Bonchev–Trinajstić information content (AvgIpc) is 2.42. The molecule has 0 radical (unpaired) electrons. The summed E-state index contributed by atoms with van der Waals surface area (Å²) in [6.07, 6.45) is 1.87. The predicted molar refractivity (Wildman–Crippen MR) is 72.8 cm³/mol. The van der Waals surface area contributed by atoms with Crippen LogP contribution in [0.25, 0.3) is 0 Å². The molecule has 1 aliphatic heterocycles. The highest BCUT2D eigenvalue weighted by molar-refractivity contribution is 6.31. The number of halogens is 2. The van der Waals surface area contributed by atoms with Gasteiger partial charge in [-0.15, -0.1) is 0 Å². The average molecular weight is 286 g/mol. The molecule has 0 amide bonds. The van der Waals surface area contributed by atoms with E-state index in [1.165, 1.54) is 12.1 Å². The lowest BCUT2D eigenvalue weighted by atomic mass is 9.96. The SMILES string of the molecule is N/C(=N/O)C1CCCN(Cc2cc(F)ccc2Cl)C1. The smallest absolute Gasteiger partial charge is 0.143 e. The van der Waals surface area contributed by atoms with Crippen LogP contribution < -0.4 is 5.73 Å². The summed E-state index contributed by atoms with van der Waals surface area (Å²) in [4.78, 5) is 2.15. The number of nitrogens with zero attached hydrogens (tertiary/aromatic N) is 2. The maximum absolute atomic E-state index is 13.2. The van der Waals surface area contributed by atoms with Crippen molar-refractivity contribution in [2.75, 3.05) is 13.1 Å². The summed E-state index contributed by atoms with van der Waals surface area (Å²) in [5, 5.41) is 12.3. The molecule has 0 bridgehead atoms. The van der Waals surface area contributed by atoms with Crippen LogP contribution in [0.5, 0.6) is 0 Å². The molecule has 19 heavy (non-hydrogen) atoms. The number of oxime groups is 1. The molecule has 1 aromatic carbocycles. The van der Waals surface area contributed by atoms with Crippen molar-refractivity contribution < 1.29 is 9.60 Å². The van der Waals surface area contributed by atoms with E-state index in [-0.39, 0.29) is 17.6 Å². The highest BCUT2D eigenvalue weighted by atomic mass is 35.5. The van der Waals surface area contributed by atoms with Crippen LogP contribution in [-0.2, 0) is 6.54 Å². The van der Waals surface area contributed by atoms with Gasteiger partial charge in [-0.25, -0.2) is 4.39 Å². The third kappa shape index (κ3) is 3.58. The van der Waals surface area contributed by atoms with Crippen molar-refractivity contribution in [2.45, 2.75) is 19.4 Å². The molecule has 1 aromatic rings. The number of amidine groups is 1. The van der Waals surface area contributed by atoms with Gasteiger partial charge in [-0.05, 0) is 43.1 Å². The van der Waals surface area contributed by atoms with Crippen molar-refractivity contribution in [1.82, 2.24) is 4.90 Å². The van der Waals surface area contributed by atoms with Crippen molar-refractivity contribution >= 4 is 17.4 Å². The third-order valence-electron chi connectivity index (χ3n) is 3.44. The summed E-state index contributed by atoms with van der Waals surface area (Å²) in [7, 11) is 0. The van der Waals surface area contributed by atoms with E-state index in [0.29, 0.717) is 18.1 Å². The minimum atomic E-state index is -0.288. The lowest BCUT2D eigenvalue weighted by Crippen LogP contribution is -2.40. The normalized spacial score (nSPS) is 21.6. The van der Waals surface area contributed by atoms with E-state index >= 15 is 0 Å². The second kappa shape index (κ2) is 6.21. The Morgan fingerprint density at radius 3 is 3.11 bits per heavy atom. The van der Waals surface area contributed by atoms with E-state index in [2.05, 4.69) is 10.1 Å². The quantitative estimate of drug-likeness (QED) is 0.388. The van der Waals surface area contributed by atoms with Crippen molar-refractivity contribution in [3.05, 3.63) is 34.6 Å². The summed E-state index contributed by atoms with van der Waals surface area (Å²) in [5.41, 5.74) is 6.41. The summed E-state index contributed by atoms with van der Waals surface area (Å²) in [5.74, 6) is 0.0190. The van der Waals surface area contributed by atoms with Crippen LogP contribution in [0.15, 0.2) is 23.4 Å². The monoisotopic (exact) mass is 285 g/mol. The van der Waals surface area contributed by atoms with Crippen LogP contribution >= 0.6 is 11.6 Å². The van der Waals surface area contributed by atoms with Crippen molar-refractivity contribution in [3.63, 3.8) is 0 Å². The van der Waals surface area contributed by atoms with Crippen LogP contribution in [0, 0.1) is 11.7 Å². The largest absolute Gasteiger partial charge is 0.409 e. The minimum absolute atomic E-state index is 0.0473. The molecule has 2 rings (SSSR count).